The molecule has 1 N–H and O–H groups in total. The van der Waals surface area contributed by atoms with Crippen LogP contribution in [-0.4, -0.2) is 81.4 Å². The summed E-state index contributed by atoms with van der Waals surface area (Å²) in [6.45, 7) is 2.49. The minimum absolute atomic E-state index is 0.0189. The van der Waals surface area contributed by atoms with Crippen molar-refractivity contribution in [3.05, 3.63) is 0 Å². The zero-order chi connectivity index (χ0) is 15.0. The highest BCUT2D eigenvalue weighted by molar-refractivity contribution is 7.89. The van der Waals surface area contributed by atoms with E-state index in [2.05, 4.69) is 0 Å². The SMILES string of the molecule is CN(C)S(=O)(=O)CCCN1C[C@@H]2COC[C@]2(C(=O)O)C1. The van der Waals surface area contributed by atoms with Crippen molar-refractivity contribution in [1.29, 1.82) is 0 Å². The number of hydrogen-bond acceptors (Lipinski definition) is 5. The molecule has 0 aromatic rings. The van der Waals surface area contributed by atoms with Crippen LogP contribution in [0.4, 0.5) is 0 Å². The van der Waals surface area contributed by atoms with Gasteiger partial charge >= 0.3 is 5.97 Å². The van der Waals surface area contributed by atoms with Crippen LogP contribution in [0.15, 0.2) is 0 Å². The van der Waals surface area contributed by atoms with Gasteiger partial charge in [-0.25, -0.2) is 12.7 Å². The molecule has 0 amide bonds. The Morgan fingerprint density at radius 3 is 2.75 bits per heavy atom. The number of rotatable bonds is 6. The second-order valence-electron chi connectivity index (χ2n) is 5.86. The number of likely N-dealkylation sites (tertiary alicyclic amines) is 1. The molecule has 0 bridgehead atoms. The largest absolute Gasteiger partial charge is 0.481 e. The van der Waals surface area contributed by atoms with Crippen molar-refractivity contribution in [2.24, 2.45) is 11.3 Å². The minimum atomic E-state index is -3.17. The van der Waals surface area contributed by atoms with Crippen molar-refractivity contribution < 1.29 is 23.1 Å². The number of hydrogen-bond donors (Lipinski definition) is 1. The molecule has 0 aliphatic carbocycles. The molecule has 7 nitrogen and oxygen atoms in total. The van der Waals surface area contributed by atoms with Crippen LogP contribution in [0.2, 0.25) is 0 Å². The van der Waals surface area contributed by atoms with Crippen molar-refractivity contribution in [2.75, 3.05) is 52.7 Å². The summed E-state index contributed by atoms with van der Waals surface area (Å²) in [4.78, 5) is 13.5. The summed E-state index contributed by atoms with van der Waals surface area (Å²) in [5.41, 5.74) is -0.791. The summed E-state index contributed by atoms with van der Waals surface area (Å²) >= 11 is 0. The highest BCUT2D eigenvalue weighted by Gasteiger charge is 2.55. The molecule has 2 atom stereocenters. The Balaban J connectivity index is 1.87. The third-order valence-electron chi connectivity index (χ3n) is 4.30. The second kappa shape index (κ2) is 5.59. The van der Waals surface area contributed by atoms with E-state index in [4.69, 9.17) is 4.74 Å². The molecule has 0 unspecified atom stereocenters. The molecule has 2 heterocycles. The van der Waals surface area contributed by atoms with E-state index in [-0.39, 0.29) is 18.3 Å². The highest BCUT2D eigenvalue weighted by Crippen LogP contribution is 2.41. The van der Waals surface area contributed by atoms with Gasteiger partial charge in [-0.1, -0.05) is 0 Å². The van der Waals surface area contributed by atoms with Gasteiger partial charge in [0, 0.05) is 33.1 Å². The van der Waals surface area contributed by atoms with E-state index in [1.54, 1.807) is 0 Å². The molecule has 2 fully saturated rings. The Bertz CT molecular complexity index is 478. The third-order valence-corrected chi connectivity index (χ3v) is 6.22. The number of fused-ring (bicyclic) bond motifs is 1. The second-order valence-corrected chi connectivity index (χ2v) is 8.16. The zero-order valence-electron chi connectivity index (χ0n) is 11.9. The monoisotopic (exact) mass is 306 g/mol. The van der Waals surface area contributed by atoms with Crippen molar-refractivity contribution in [3.8, 4) is 0 Å². The summed E-state index contributed by atoms with van der Waals surface area (Å²) < 4.78 is 29.9. The first kappa shape index (κ1) is 15.7. The first-order chi connectivity index (χ1) is 9.28. The lowest BCUT2D eigenvalue weighted by atomic mass is 9.81. The van der Waals surface area contributed by atoms with Gasteiger partial charge in [0.05, 0.1) is 19.0 Å². The molecule has 20 heavy (non-hydrogen) atoms. The smallest absolute Gasteiger partial charge is 0.313 e. The van der Waals surface area contributed by atoms with Crippen LogP contribution in [0.5, 0.6) is 0 Å². The fraction of sp³-hybridized carbons (Fsp3) is 0.917. The van der Waals surface area contributed by atoms with E-state index < -0.39 is 21.4 Å². The van der Waals surface area contributed by atoms with Gasteiger partial charge in [-0.05, 0) is 13.0 Å². The average Bonchev–Trinajstić information content (AvgIpc) is 2.85. The van der Waals surface area contributed by atoms with Gasteiger partial charge in [0.25, 0.3) is 0 Å². The Hall–Kier alpha value is -0.700. The van der Waals surface area contributed by atoms with Crippen molar-refractivity contribution in [2.45, 2.75) is 6.42 Å². The molecule has 0 aromatic carbocycles. The summed E-state index contributed by atoms with van der Waals surface area (Å²) in [7, 11) is -0.134. The van der Waals surface area contributed by atoms with Gasteiger partial charge in [0.15, 0.2) is 0 Å². The van der Waals surface area contributed by atoms with Gasteiger partial charge in [-0.2, -0.15) is 0 Å². The quantitative estimate of drug-likeness (QED) is 0.698. The van der Waals surface area contributed by atoms with Gasteiger partial charge in [-0.3, -0.25) is 4.79 Å². The number of carboxylic acid groups (broad SMARTS) is 1. The van der Waals surface area contributed by atoms with E-state index in [9.17, 15) is 18.3 Å². The fourth-order valence-electron chi connectivity index (χ4n) is 2.97. The Morgan fingerprint density at radius 2 is 2.20 bits per heavy atom. The predicted octanol–water partition coefficient (Wildman–Crippen LogP) is -0.699. The normalized spacial score (nSPS) is 30.9. The van der Waals surface area contributed by atoms with E-state index >= 15 is 0 Å². The minimum Gasteiger partial charge on any atom is -0.481 e. The van der Waals surface area contributed by atoms with Crippen LogP contribution in [0, 0.1) is 11.3 Å². The number of carbonyl (C=O) groups is 1. The Morgan fingerprint density at radius 1 is 1.50 bits per heavy atom. The predicted molar refractivity (Wildman–Crippen MR) is 72.9 cm³/mol. The molecule has 2 saturated heterocycles. The van der Waals surface area contributed by atoms with Crippen LogP contribution < -0.4 is 0 Å². The van der Waals surface area contributed by atoms with Gasteiger partial charge in [-0.15, -0.1) is 0 Å². The Kier molecular flexibility index (Phi) is 4.38. The molecule has 2 aliphatic rings. The van der Waals surface area contributed by atoms with E-state index in [1.165, 1.54) is 18.4 Å². The van der Waals surface area contributed by atoms with Crippen molar-refractivity contribution in [3.63, 3.8) is 0 Å². The molecule has 2 aliphatic heterocycles. The number of ether oxygens (including phenoxy) is 1. The van der Waals surface area contributed by atoms with E-state index in [0.29, 0.717) is 32.7 Å². The molecule has 0 spiro atoms. The van der Waals surface area contributed by atoms with Crippen LogP contribution in [0.1, 0.15) is 6.42 Å². The molecular weight excluding hydrogens is 284 g/mol. The number of sulfonamides is 1. The van der Waals surface area contributed by atoms with E-state index in [0.717, 1.165) is 0 Å². The van der Waals surface area contributed by atoms with Gasteiger partial charge in [0.2, 0.25) is 10.0 Å². The van der Waals surface area contributed by atoms with Gasteiger partial charge in [0.1, 0.15) is 5.41 Å². The summed E-state index contributed by atoms with van der Waals surface area (Å²) in [5, 5.41) is 9.41. The number of aliphatic carboxylic acids is 1. The van der Waals surface area contributed by atoms with Crippen molar-refractivity contribution in [1.82, 2.24) is 9.21 Å². The van der Waals surface area contributed by atoms with Crippen molar-refractivity contribution >= 4 is 16.0 Å². The summed E-state index contributed by atoms with van der Waals surface area (Å²) in [5.74, 6) is -0.688. The third kappa shape index (κ3) is 2.83. The molecule has 0 saturated carbocycles. The van der Waals surface area contributed by atoms with Crippen LogP contribution >= 0.6 is 0 Å². The number of nitrogens with zero attached hydrogens (tertiary/aromatic N) is 2. The molecular formula is C12H22N2O5S. The average molecular weight is 306 g/mol. The maximum Gasteiger partial charge on any atom is 0.313 e. The molecule has 0 aromatic heterocycles. The van der Waals surface area contributed by atoms with Crippen LogP contribution in [-0.2, 0) is 19.6 Å². The molecule has 2 rings (SSSR count). The van der Waals surface area contributed by atoms with Gasteiger partial charge < -0.3 is 14.7 Å². The fourth-order valence-corrected chi connectivity index (χ4v) is 3.82. The lowest BCUT2D eigenvalue weighted by Gasteiger charge is -2.22. The first-order valence-corrected chi connectivity index (χ1v) is 8.32. The summed E-state index contributed by atoms with van der Waals surface area (Å²) in [6.07, 6.45) is 0.518. The first-order valence-electron chi connectivity index (χ1n) is 6.72. The lowest BCUT2D eigenvalue weighted by molar-refractivity contribution is -0.149. The maximum atomic E-state index is 11.7. The van der Waals surface area contributed by atoms with Crippen LogP contribution in [0.3, 0.4) is 0 Å². The lowest BCUT2D eigenvalue weighted by Crippen LogP contribution is -2.39. The van der Waals surface area contributed by atoms with Crippen LogP contribution in [0.25, 0.3) is 0 Å². The molecule has 8 heteroatoms. The Labute approximate surface area is 119 Å². The standard InChI is InChI=1S/C12H22N2O5S/c1-13(2)20(17,18)5-3-4-14-6-10-7-19-9-12(10,8-14)11(15)16/h10H,3-9H2,1-2H3,(H,15,16)/t10-,12-/m1/s1. The number of carboxylic acids is 1. The highest BCUT2D eigenvalue weighted by atomic mass is 32.2. The topological polar surface area (TPSA) is 87.2 Å². The van der Waals surface area contributed by atoms with E-state index in [1.807, 2.05) is 4.90 Å². The molecule has 0 radical (unpaired) electrons. The maximum absolute atomic E-state index is 11.7. The summed E-state index contributed by atoms with van der Waals surface area (Å²) in [6, 6.07) is 0. The zero-order valence-corrected chi connectivity index (χ0v) is 12.7. The molecule has 116 valence electrons.